The maximum absolute atomic E-state index is 11.7. The molecule has 8 nitrogen and oxygen atoms in total. The Hall–Kier alpha value is -1.73. The van der Waals surface area contributed by atoms with Crippen LogP contribution in [0.15, 0.2) is 24.3 Å². The Labute approximate surface area is 147 Å². The molecule has 0 spiro atoms. The molecule has 0 aliphatic rings. The number of unbranched alkanes of at least 4 members (excludes halogenated alkanes) is 2. The van der Waals surface area contributed by atoms with Crippen LogP contribution in [-0.4, -0.2) is 39.8 Å². The molecule has 0 heterocycles. The van der Waals surface area contributed by atoms with E-state index in [2.05, 4.69) is 0 Å². The highest BCUT2D eigenvalue weighted by atomic mass is 31.2. The third-order valence-electron chi connectivity index (χ3n) is 2.82. The highest BCUT2D eigenvalue weighted by Gasteiger charge is 2.10. The van der Waals surface area contributed by atoms with E-state index >= 15 is 0 Å². The maximum atomic E-state index is 11.7. The molecule has 0 radical (unpaired) electrons. The van der Waals surface area contributed by atoms with Crippen LogP contribution in [0.1, 0.15) is 60.2 Å². The summed E-state index contributed by atoms with van der Waals surface area (Å²) >= 11 is 0. The molecule has 9 heteroatoms. The second-order valence-corrected chi connectivity index (χ2v) is 6.10. The topological polar surface area (TPSA) is 130 Å². The van der Waals surface area contributed by atoms with Crippen LogP contribution in [0.3, 0.4) is 0 Å². The number of benzene rings is 1. The van der Waals surface area contributed by atoms with Gasteiger partial charge in [0.2, 0.25) is 0 Å². The summed E-state index contributed by atoms with van der Waals surface area (Å²) in [6.07, 6.45) is 3.67. The van der Waals surface area contributed by atoms with Gasteiger partial charge in [-0.15, -0.1) is 0 Å². The van der Waals surface area contributed by atoms with Crippen LogP contribution in [0.5, 0.6) is 0 Å². The monoisotopic (exact) mass is 376 g/mol. The second-order valence-electron chi connectivity index (χ2n) is 5.07. The van der Waals surface area contributed by atoms with Gasteiger partial charge in [0.25, 0.3) is 0 Å². The fourth-order valence-corrected chi connectivity index (χ4v) is 1.53. The lowest BCUT2D eigenvalue weighted by Crippen LogP contribution is -2.09. The van der Waals surface area contributed by atoms with E-state index in [0.717, 1.165) is 25.7 Å². The molecule has 0 bridgehead atoms. The van der Waals surface area contributed by atoms with Crippen molar-refractivity contribution in [3.63, 3.8) is 0 Å². The van der Waals surface area contributed by atoms with Crippen molar-refractivity contribution in [2.45, 2.75) is 39.5 Å². The molecule has 0 aliphatic heterocycles. The normalized spacial score (nSPS) is 10.4. The molecular formula is C16H25O8P. The average molecular weight is 376 g/mol. The number of carbonyl (C=O) groups excluding carboxylic acids is 2. The number of hydrogen-bond donors (Lipinski definition) is 3. The molecule has 1 aromatic rings. The quantitative estimate of drug-likeness (QED) is 0.359. The molecule has 1 aromatic carbocycles. The molecule has 0 amide bonds. The third kappa shape index (κ3) is 13.3. The Balaban J connectivity index is 0.00000101. The smallest absolute Gasteiger partial charge is 0.462 e. The minimum Gasteiger partial charge on any atom is -0.462 e. The van der Waals surface area contributed by atoms with E-state index in [-0.39, 0.29) is 11.9 Å². The highest BCUT2D eigenvalue weighted by Crippen LogP contribution is 2.25. The molecular weight excluding hydrogens is 351 g/mol. The fraction of sp³-hybridized carbons (Fsp3) is 0.500. The summed E-state index contributed by atoms with van der Waals surface area (Å²) in [5.74, 6) is -0.714. The van der Waals surface area contributed by atoms with Crippen molar-refractivity contribution in [3.8, 4) is 0 Å². The van der Waals surface area contributed by atoms with Gasteiger partial charge >= 0.3 is 19.8 Å². The molecule has 1 rings (SSSR count). The van der Waals surface area contributed by atoms with Crippen molar-refractivity contribution >= 4 is 19.8 Å². The largest absolute Gasteiger partial charge is 0.466 e. The van der Waals surface area contributed by atoms with Crippen molar-refractivity contribution < 1.29 is 38.3 Å². The van der Waals surface area contributed by atoms with E-state index in [1.165, 1.54) is 0 Å². The lowest BCUT2D eigenvalue weighted by Gasteiger charge is -2.06. The number of carbonyl (C=O) groups is 2. The number of ether oxygens (including phenoxy) is 2. The van der Waals surface area contributed by atoms with Gasteiger partial charge in [-0.2, -0.15) is 0 Å². The summed E-state index contributed by atoms with van der Waals surface area (Å²) < 4.78 is 19.1. The summed E-state index contributed by atoms with van der Waals surface area (Å²) in [4.78, 5) is 44.9. The van der Waals surface area contributed by atoms with Gasteiger partial charge in [-0.3, -0.25) is 0 Å². The summed E-state index contributed by atoms with van der Waals surface area (Å²) in [5, 5.41) is 0. The molecule has 3 N–H and O–H groups in total. The van der Waals surface area contributed by atoms with Gasteiger partial charge in [-0.05, 0) is 37.1 Å². The molecule has 0 fully saturated rings. The van der Waals surface area contributed by atoms with Gasteiger partial charge in [-0.25, -0.2) is 14.2 Å². The lowest BCUT2D eigenvalue weighted by atomic mass is 10.1. The van der Waals surface area contributed by atoms with E-state index in [9.17, 15) is 9.59 Å². The molecule has 0 saturated heterocycles. The van der Waals surface area contributed by atoms with Crippen LogP contribution in [-0.2, 0) is 14.0 Å². The number of phosphoric acid groups is 1. The fourth-order valence-electron chi connectivity index (χ4n) is 1.53. The standard InChI is InChI=1S/C16H22O4.H3O4P/c1-3-5-11-19-15(17)13-7-9-14(10-8-13)16(18)20-12-6-4-2;1-5(2,3)4/h7-10H,3-6,11-12H2,1-2H3;(H3,1,2,3,4). The van der Waals surface area contributed by atoms with Gasteiger partial charge < -0.3 is 24.2 Å². The molecule has 0 aliphatic carbocycles. The van der Waals surface area contributed by atoms with Crippen LogP contribution >= 0.6 is 7.82 Å². The molecule has 0 atom stereocenters. The van der Waals surface area contributed by atoms with Gasteiger partial charge in [0.1, 0.15) is 0 Å². The zero-order valence-corrected chi connectivity index (χ0v) is 15.3. The number of hydrogen-bond acceptors (Lipinski definition) is 5. The summed E-state index contributed by atoms with van der Waals surface area (Å²) in [6, 6.07) is 6.35. The lowest BCUT2D eigenvalue weighted by molar-refractivity contribution is 0.0485. The number of rotatable bonds is 8. The van der Waals surface area contributed by atoms with Crippen LogP contribution < -0.4 is 0 Å². The second kappa shape index (κ2) is 12.6. The molecule has 142 valence electrons. The zero-order chi connectivity index (χ0) is 19.3. The van der Waals surface area contributed by atoms with E-state index < -0.39 is 7.82 Å². The van der Waals surface area contributed by atoms with Crippen LogP contribution in [0.4, 0.5) is 0 Å². The van der Waals surface area contributed by atoms with Crippen LogP contribution in [0, 0.1) is 0 Å². The first-order chi connectivity index (χ1) is 11.7. The molecule has 25 heavy (non-hydrogen) atoms. The van der Waals surface area contributed by atoms with E-state index in [4.69, 9.17) is 28.7 Å². The predicted octanol–water partition coefficient (Wildman–Crippen LogP) is 2.67. The van der Waals surface area contributed by atoms with E-state index in [1.54, 1.807) is 24.3 Å². The maximum Gasteiger partial charge on any atom is 0.466 e. The van der Waals surface area contributed by atoms with Gasteiger partial charge in [0.15, 0.2) is 0 Å². The first kappa shape index (κ1) is 23.3. The van der Waals surface area contributed by atoms with Crippen molar-refractivity contribution in [3.05, 3.63) is 35.4 Å². The average Bonchev–Trinajstić information content (AvgIpc) is 2.53. The SMILES string of the molecule is CCCCOC(=O)c1ccc(C(=O)OCCCC)cc1.O=P(O)(O)O. The Kier molecular flexibility index (Phi) is 11.7. The number of esters is 2. The van der Waals surface area contributed by atoms with Crippen LogP contribution in [0.2, 0.25) is 0 Å². The third-order valence-corrected chi connectivity index (χ3v) is 2.82. The van der Waals surface area contributed by atoms with Crippen molar-refractivity contribution in [1.29, 1.82) is 0 Å². The van der Waals surface area contributed by atoms with Crippen molar-refractivity contribution in [1.82, 2.24) is 0 Å². The molecule has 0 saturated carbocycles. The Bertz CT molecular complexity index is 515. The van der Waals surface area contributed by atoms with Gasteiger partial charge in [-0.1, -0.05) is 26.7 Å². The molecule has 0 unspecified atom stereocenters. The van der Waals surface area contributed by atoms with E-state index in [1.807, 2.05) is 13.8 Å². The minimum atomic E-state index is -4.64. The Morgan fingerprint density at radius 1 is 0.840 bits per heavy atom. The first-order valence-corrected chi connectivity index (χ1v) is 9.48. The summed E-state index contributed by atoms with van der Waals surface area (Å²) in [5.41, 5.74) is 0.900. The first-order valence-electron chi connectivity index (χ1n) is 7.91. The van der Waals surface area contributed by atoms with Crippen molar-refractivity contribution in [2.75, 3.05) is 13.2 Å². The summed E-state index contributed by atoms with van der Waals surface area (Å²) in [7, 11) is -4.64. The summed E-state index contributed by atoms with van der Waals surface area (Å²) in [6.45, 7) is 4.92. The minimum absolute atomic E-state index is 0.357. The Morgan fingerprint density at radius 3 is 1.36 bits per heavy atom. The van der Waals surface area contributed by atoms with Gasteiger partial charge in [0.05, 0.1) is 24.3 Å². The predicted molar refractivity (Wildman–Crippen MR) is 91.1 cm³/mol. The molecule has 0 aromatic heterocycles. The zero-order valence-electron chi connectivity index (χ0n) is 14.4. The van der Waals surface area contributed by atoms with Crippen LogP contribution in [0.25, 0.3) is 0 Å². The van der Waals surface area contributed by atoms with Gasteiger partial charge in [0, 0.05) is 0 Å². The highest BCUT2D eigenvalue weighted by molar-refractivity contribution is 7.45. The van der Waals surface area contributed by atoms with Crippen molar-refractivity contribution in [2.24, 2.45) is 0 Å². The Morgan fingerprint density at radius 2 is 1.12 bits per heavy atom. The van der Waals surface area contributed by atoms with E-state index in [0.29, 0.717) is 24.3 Å².